The van der Waals surface area contributed by atoms with Gasteiger partial charge >= 0.3 is 0 Å². The summed E-state index contributed by atoms with van der Waals surface area (Å²) in [6, 6.07) is 0. The molecule has 2 bridgehead atoms. The van der Waals surface area contributed by atoms with E-state index in [1.807, 2.05) is 6.92 Å². The van der Waals surface area contributed by atoms with E-state index in [0.29, 0.717) is 19.4 Å². The summed E-state index contributed by atoms with van der Waals surface area (Å²) in [6.45, 7) is 11.7. The molecule has 8 unspecified atom stereocenters. The second-order valence-corrected chi connectivity index (χ2v) is 26.0. The van der Waals surface area contributed by atoms with Crippen LogP contribution in [0, 0.1) is 50.2 Å². The van der Waals surface area contributed by atoms with Crippen LogP contribution in [0.1, 0.15) is 106 Å². The van der Waals surface area contributed by atoms with Crippen molar-refractivity contribution in [2.75, 3.05) is 39.6 Å². The lowest BCUT2D eigenvalue weighted by Crippen LogP contribution is -2.74. The van der Waals surface area contributed by atoms with Gasteiger partial charge in [0.2, 0.25) is 0 Å². The standard InChI is InChI=1S/C52H86O22/c1-46(2)13-14-51-22-68-52(29(51)15-46)12-8-28-47(3)10-9-31(48(4,21-55)27(47)7-11-49(28,5)50(52,6)16-30(51)58)71-45-41(33(60)24(57)20-67-45)74-44-38(65)40(73-43-37(64)35(62)34(61)25(17-53)69-43)39(26(18-54)70-44)72-42-36(63)32(59)23(56)19-66-42/h23-45,53-65H,7-22H2,1-6H3/t23-,24+,25+,26+,27?,28?,29?,30+,31?,32-,33-,34+,35-,36+,37+,38+,39+,40-,41+,42-,43-,44-,45-,47?,48-,49?,50-,51?,52?/m0/s1. The first kappa shape index (κ1) is 56.4. The van der Waals surface area contributed by atoms with Crippen molar-refractivity contribution in [3.05, 3.63) is 0 Å². The van der Waals surface area contributed by atoms with Crippen LogP contribution in [0.4, 0.5) is 0 Å². The van der Waals surface area contributed by atoms with Gasteiger partial charge in [-0.3, -0.25) is 0 Å². The quantitative estimate of drug-likeness (QED) is 0.0986. The maximum atomic E-state index is 12.3. The van der Waals surface area contributed by atoms with Gasteiger partial charge in [0.05, 0.1) is 57.5 Å². The lowest BCUT2D eigenvalue weighted by Gasteiger charge is -2.75. The van der Waals surface area contributed by atoms with E-state index in [2.05, 4.69) is 34.6 Å². The fourth-order valence-corrected chi connectivity index (χ4v) is 17.5. The average molecular weight is 1060 g/mol. The third kappa shape index (κ3) is 8.39. The summed E-state index contributed by atoms with van der Waals surface area (Å²) in [4.78, 5) is 0. The normalized spacial score (nSPS) is 58.2. The van der Waals surface area contributed by atoms with Crippen molar-refractivity contribution in [3.63, 3.8) is 0 Å². The van der Waals surface area contributed by atoms with E-state index in [-0.39, 0.29) is 63.6 Å². The highest BCUT2D eigenvalue weighted by Crippen LogP contribution is 2.80. The number of aliphatic hydroxyl groups is 13. The third-order valence-corrected chi connectivity index (χ3v) is 22.0. The van der Waals surface area contributed by atoms with Gasteiger partial charge in [0.15, 0.2) is 25.2 Å². The molecule has 0 radical (unpaired) electrons. The molecule has 13 N–H and O–H groups in total. The second kappa shape index (κ2) is 20.0. The molecule has 5 aliphatic heterocycles. The van der Waals surface area contributed by atoms with Gasteiger partial charge in [-0.2, -0.15) is 0 Å². The van der Waals surface area contributed by atoms with Crippen LogP contribution in [0.5, 0.6) is 0 Å². The highest BCUT2D eigenvalue weighted by atomic mass is 16.8. The highest BCUT2D eigenvalue weighted by molar-refractivity contribution is 5.28. The number of rotatable bonds is 11. The summed E-state index contributed by atoms with van der Waals surface area (Å²) < 4.78 is 55.7. The van der Waals surface area contributed by atoms with Crippen molar-refractivity contribution in [3.8, 4) is 0 Å². The Bertz CT molecular complexity index is 1990. The molecule has 10 fully saturated rings. The van der Waals surface area contributed by atoms with Crippen molar-refractivity contribution in [2.45, 2.75) is 234 Å². The van der Waals surface area contributed by atoms with Crippen LogP contribution in [0.2, 0.25) is 0 Å². The number of fused-ring (bicyclic) bond motifs is 4. The maximum absolute atomic E-state index is 12.3. The molecule has 22 heteroatoms. The highest BCUT2D eigenvalue weighted by Gasteiger charge is 2.80. The van der Waals surface area contributed by atoms with Crippen LogP contribution >= 0.6 is 0 Å². The molecule has 0 aromatic heterocycles. The summed E-state index contributed by atoms with van der Waals surface area (Å²) >= 11 is 0. The Hall–Kier alpha value is -0.880. The van der Waals surface area contributed by atoms with Crippen molar-refractivity contribution in [1.82, 2.24) is 0 Å². The molecule has 5 saturated carbocycles. The molecule has 426 valence electrons. The van der Waals surface area contributed by atoms with Crippen LogP contribution in [0.3, 0.4) is 0 Å². The Morgan fingerprint density at radius 3 is 1.80 bits per heavy atom. The van der Waals surface area contributed by atoms with Crippen molar-refractivity contribution < 1.29 is 109 Å². The largest absolute Gasteiger partial charge is 0.396 e. The predicted octanol–water partition coefficient (Wildman–Crippen LogP) is -2.10. The Morgan fingerprint density at radius 1 is 0.500 bits per heavy atom. The summed E-state index contributed by atoms with van der Waals surface area (Å²) in [5, 5.41) is 143. The molecule has 1 spiro atoms. The Balaban J connectivity index is 0.898. The van der Waals surface area contributed by atoms with Gasteiger partial charge in [-0.05, 0) is 98.2 Å². The molecule has 5 saturated heterocycles. The monoisotopic (exact) mass is 1060 g/mol. The summed E-state index contributed by atoms with van der Waals surface area (Å²) in [7, 11) is 0. The molecule has 0 aromatic carbocycles. The minimum Gasteiger partial charge on any atom is -0.396 e. The topological polar surface area (TPSA) is 346 Å². The van der Waals surface area contributed by atoms with Crippen LogP contribution in [-0.4, -0.2) is 234 Å². The van der Waals surface area contributed by atoms with Gasteiger partial charge in [0.1, 0.15) is 85.5 Å². The summed E-state index contributed by atoms with van der Waals surface area (Å²) in [6.07, 6.45) is -23.8. The zero-order chi connectivity index (χ0) is 53.5. The summed E-state index contributed by atoms with van der Waals surface area (Å²) in [5.74, 6) is 0.458. The number of hydrogen-bond acceptors (Lipinski definition) is 22. The van der Waals surface area contributed by atoms with Crippen LogP contribution in [-0.2, 0) is 42.6 Å². The van der Waals surface area contributed by atoms with E-state index in [9.17, 15) is 66.4 Å². The molecular weight excluding hydrogens is 977 g/mol. The smallest absolute Gasteiger partial charge is 0.187 e. The molecule has 10 aliphatic rings. The number of hydrogen-bond donors (Lipinski definition) is 13. The van der Waals surface area contributed by atoms with Gasteiger partial charge in [-0.15, -0.1) is 0 Å². The molecule has 0 aromatic rings. The van der Waals surface area contributed by atoms with Gasteiger partial charge in [-0.25, -0.2) is 0 Å². The SMILES string of the molecule is CC1(C)CCC23COC4(CCC5C6(C)CCC(O[C@@H]7OC[C@@H](O)[C@H](O)[C@H]7O[C@@H]7O[C@H](CO)[C@@H](O[C@@H]8OC[C@H](O)[C@H](O)[C@H]8O)[C@@H](O[C@@H]8O[C@H](CO)[C@@H](O)[C@H](O)[C@H]8O)[C@H]7O)[C@@](C)(CO)C6CCC5(C)[C@]4(C)C[C@H]2O)C3C1. The van der Waals surface area contributed by atoms with E-state index in [0.717, 1.165) is 51.4 Å². The van der Waals surface area contributed by atoms with Crippen LogP contribution in [0.15, 0.2) is 0 Å². The van der Waals surface area contributed by atoms with Crippen LogP contribution in [0.25, 0.3) is 0 Å². The van der Waals surface area contributed by atoms with Gasteiger partial charge in [-0.1, -0.05) is 41.5 Å². The first-order chi connectivity index (χ1) is 34.8. The van der Waals surface area contributed by atoms with Crippen molar-refractivity contribution in [1.29, 1.82) is 0 Å². The Morgan fingerprint density at radius 2 is 1.11 bits per heavy atom. The molecule has 0 amide bonds. The maximum Gasteiger partial charge on any atom is 0.187 e. The third-order valence-electron chi connectivity index (χ3n) is 22.0. The molecule has 5 aliphatic carbocycles. The van der Waals surface area contributed by atoms with E-state index in [4.69, 9.17) is 42.6 Å². The summed E-state index contributed by atoms with van der Waals surface area (Å²) in [5.41, 5.74) is -2.03. The fourth-order valence-electron chi connectivity index (χ4n) is 17.5. The minimum absolute atomic E-state index is 0.0410. The lowest BCUT2D eigenvalue weighted by molar-refractivity contribution is -0.400. The molecule has 22 nitrogen and oxygen atoms in total. The molecular formula is C52H86O22. The van der Waals surface area contributed by atoms with E-state index in [1.165, 1.54) is 0 Å². The minimum atomic E-state index is -2.04. The van der Waals surface area contributed by atoms with Gasteiger partial charge in [0.25, 0.3) is 0 Å². The van der Waals surface area contributed by atoms with Gasteiger partial charge in [0, 0.05) is 16.2 Å². The first-order valence-electron chi connectivity index (χ1n) is 27.2. The Kier molecular flexibility index (Phi) is 15.2. The molecule has 74 heavy (non-hydrogen) atoms. The van der Waals surface area contributed by atoms with E-state index >= 15 is 0 Å². The van der Waals surface area contributed by atoms with Gasteiger partial charge < -0.3 is 109 Å². The molecule has 10 rings (SSSR count). The molecule has 29 atom stereocenters. The Labute approximate surface area is 432 Å². The number of aliphatic hydroxyl groups excluding tert-OH is 13. The van der Waals surface area contributed by atoms with E-state index < -0.39 is 148 Å². The predicted molar refractivity (Wildman–Crippen MR) is 252 cm³/mol. The second-order valence-electron chi connectivity index (χ2n) is 26.0. The van der Waals surface area contributed by atoms with Crippen molar-refractivity contribution in [2.24, 2.45) is 50.2 Å². The molecule has 5 heterocycles. The first-order valence-corrected chi connectivity index (χ1v) is 27.2. The average Bonchev–Trinajstić information content (AvgIpc) is 3.65. The van der Waals surface area contributed by atoms with E-state index in [1.54, 1.807) is 0 Å². The zero-order valence-electron chi connectivity index (χ0n) is 43.6. The van der Waals surface area contributed by atoms with Crippen molar-refractivity contribution >= 4 is 0 Å². The van der Waals surface area contributed by atoms with Crippen LogP contribution < -0.4 is 0 Å². The lowest BCUT2D eigenvalue weighted by atomic mass is 9.30. The fraction of sp³-hybridized carbons (Fsp3) is 1.00. The zero-order valence-corrected chi connectivity index (χ0v) is 43.6. The number of ether oxygens (including phenoxy) is 9.